The molecule has 1 N–H and O–H groups in total. The van der Waals surface area contributed by atoms with Gasteiger partial charge in [0, 0.05) is 43.4 Å². The zero-order valence-corrected chi connectivity index (χ0v) is 14.2. The summed E-state index contributed by atoms with van der Waals surface area (Å²) in [4.78, 5) is 29.9. The molecule has 3 aromatic rings. The first-order valence-corrected chi connectivity index (χ1v) is 8.00. The number of carbonyl (C=O) groups is 2. The lowest BCUT2D eigenvalue weighted by molar-refractivity contribution is -0.114. The van der Waals surface area contributed by atoms with Crippen molar-refractivity contribution in [2.75, 3.05) is 12.4 Å². The summed E-state index contributed by atoms with van der Waals surface area (Å²) in [6.07, 6.45) is 1.79. The maximum atomic E-state index is 12.6. The molecule has 25 heavy (non-hydrogen) atoms. The normalized spacial score (nSPS) is 10.5. The summed E-state index contributed by atoms with van der Waals surface area (Å²) in [5.41, 5.74) is 3.04. The van der Waals surface area contributed by atoms with E-state index in [9.17, 15) is 9.59 Å². The van der Waals surface area contributed by atoms with Crippen LogP contribution in [0.25, 0.3) is 10.9 Å². The Morgan fingerprint density at radius 3 is 2.68 bits per heavy atom. The summed E-state index contributed by atoms with van der Waals surface area (Å²) in [7, 11) is 1.75. The van der Waals surface area contributed by atoms with Crippen molar-refractivity contribution in [1.29, 1.82) is 0 Å². The fourth-order valence-electron chi connectivity index (χ4n) is 2.70. The molecule has 0 fully saturated rings. The van der Waals surface area contributed by atoms with Crippen LogP contribution in [-0.2, 0) is 11.3 Å². The molecule has 0 aliphatic carbocycles. The standard InChI is InChI=1S/C20H19N3O2/c1-14(24)22-18-8-5-7-17(11-18)20(25)23(2)13-15-10-16-6-3-4-9-19(16)21-12-15/h3-12H,13H2,1-2H3,(H,22,24). The molecule has 0 radical (unpaired) electrons. The highest BCUT2D eigenvalue weighted by molar-refractivity contribution is 5.96. The number of hydrogen-bond donors (Lipinski definition) is 1. The number of nitrogens with one attached hydrogen (secondary N) is 1. The number of rotatable bonds is 4. The van der Waals surface area contributed by atoms with E-state index in [2.05, 4.69) is 10.3 Å². The molecule has 3 rings (SSSR count). The van der Waals surface area contributed by atoms with Crippen molar-refractivity contribution < 1.29 is 9.59 Å². The van der Waals surface area contributed by atoms with Crippen molar-refractivity contribution in [2.45, 2.75) is 13.5 Å². The zero-order chi connectivity index (χ0) is 17.8. The lowest BCUT2D eigenvalue weighted by Gasteiger charge is -2.18. The fourth-order valence-corrected chi connectivity index (χ4v) is 2.70. The maximum Gasteiger partial charge on any atom is 0.253 e. The summed E-state index contributed by atoms with van der Waals surface area (Å²) >= 11 is 0. The van der Waals surface area contributed by atoms with Crippen LogP contribution in [0.15, 0.2) is 60.8 Å². The lowest BCUT2D eigenvalue weighted by Crippen LogP contribution is -2.26. The minimum Gasteiger partial charge on any atom is -0.337 e. The van der Waals surface area contributed by atoms with E-state index >= 15 is 0 Å². The van der Waals surface area contributed by atoms with Gasteiger partial charge in [-0.05, 0) is 35.9 Å². The van der Waals surface area contributed by atoms with Gasteiger partial charge in [-0.2, -0.15) is 0 Å². The van der Waals surface area contributed by atoms with E-state index < -0.39 is 0 Å². The SMILES string of the molecule is CC(=O)Nc1cccc(C(=O)N(C)Cc2cnc3ccccc3c2)c1. The summed E-state index contributed by atoms with van der Waals surface area (Å²) in [6.45, 7) is 1.90. The molecule has 0 saturated heterocycles. The molecular formula is C20H19N3O2. The number of benzene rings is 2. The first-order chi connectivity index (χ1) is 12.0. The molecule has 1 aromatic heterocycles. The number of pyridine rings is 1. The molecule has 0 aliphatic rings. The van der Waals surface area contributed by atoms with Crippen LogP contribution >= 0.6 is 0 Å². The molecule has 0 unspecified atom stereocenters. The minimum absolute atomic E-state index is 0.111. The van der Waals surface area contributed by atoms with Crippen LogP contribution in [0.1, 0.15) is 22.8 Å². The third-order valence-corrected chi connectivity index (χ3v) is 3.84. The third-order valence-electron chi connectivity index (χ3n) is 3.84. The molecule has 0 bridgehead atoms. The smallest absolute Gasteiger partial charge is 0.253 e. The minimum atomic E-state index is -0.166. The predicted molar refractivity (Wildman–Crippen MR) is 98.3 cm³/mol. The molecule has 0 spiro atoms. The highest BCUT2D eigenvalue weighted by atomic mass is 16.2. The predicted octanol–water partition coefficient (Wildman–Crippen LogP) is 3.47. The van der Waals surface area contributed by atoms with Crippen LogP contribution in [0.3, 0.4) is 0 Å². The molecule has 5 heteroatoms. The van der Waals surface area contributed by atoms with Gasteiger partial charge in [0.25, 0.3) is 5.91 Å². The van der Waals surface area contributed by atoms with Gasteiger partial charge in [-0.25, -0.2) is 0 Å². The Morgan fingerprint density at radius 1 is 1.08 bits per heavy atom. The van der Waals surface area contributed by atoms with Crippen LogP contribution in [-0.4, -0.2) is 28.7 Å². The van der Waals surface area contributed by atoms with E-state index in [-0.39, 0.29) is 11.8 Å². The number of anilines is 1. The largest absolute Gasteiger partial charge is 0.337 e. The van der Waals surface area contributed by atoms with Gasteiger partial charge in [0.1, 0.15) is 0 Å². The Balaban J connectivity index is 1.76. The second kappa shape index (κ2) is 7.13. The Hall–Kier alpha value is -3.21. The van der Waals surface area contributed by atoms with Gasteiger partial charge < -0.3 is 10.2 Å². The highest BCUT2D eigenvalue weighted by Crippen LogP contribution is 2.16. The Morgan fingerprint density at radius 2 is 1.88 bits per heavy atom. The zero-order valence-electron chi connectivity index (χ0n) is 14.2. The van der Waals surface area contributed by atoms with E-state index in [1.807, 2.05) is 30.3 Å². The molecule has 2 amide bonds. The van der Waals surface area contributed by atoms with Gasteiger partial charge in [0.2, 0.25) is 5.91 Å². The number of carbonyl (C=O) groups excluding carboxylic acids is 2. The van der Waals surface area contributed by atoms with Gasteiger partial charge in [-0.1, -0.05) is 24.3 Å². The van der Waals surface area contributed by atoms with Gasteiger partial charge in [0.05, 0.1) is 5.52 Å². The topological polar surface area (TPSA) is 62.3 Å². The average molecular weight is 333 g/mol. The molecule has 0 aliphatic heterocycles. The molecule has 0 saturated carbocycles. The molecular weight excluding hydrogens is 314 g/mol. The van der Waals surface area contributed by atoms with Crippen LogP contribution in [0, 0.1) is 0 Å². The number of fused-ring (bicyclic) bond motifs is 1. The van der Waals surface area contributed by atoms with Crippen LogP contribution in [0.5, 0.6) is 0 Å². The molecule has 0 atom stereocenters. The third kappa shape index (κ3) is 4.01. The fraction of sp³-hybridized carbons (Fsp3) is 0.150. The Kier molecular flexibility index (Phi) is 4.75. The summed E-state index contributed by atoms with van der Waals surface area (Å²) in [5, 5.41) is 3.74. The monoisotopic (exact) mass is 333 g/mol. The number of hydrogen-bond acceptors (Lipinski definition) is 3. The van der Waals surface area contributed by atoms with Gasteiger partial charge >= 0.3 is 0 Å². The molecule has 5 nitrogen and oxygen atoms in total. The van der Waals surface area contributed by atoms with Crippen molar-refractivity contribution in [3.63, 3.8) is 0 Å². The van der Waals surface area contributed by atoms with E-state index in [0.29, 0.717) is 17.8 Å². The second-order valence-corrected chi connectivity index (χ2v) is 5.96. The van der Waals surface area contributed by atoms with Crippen molar-refractivity contribution in [2.24, 2.45) is 0 Å². The Bertz CT molecular complexity index is 937. The maximum absolute atomic E-state index is 12.6. The van der Waals surface area contributed by atoms with Crippen molar-refractivity contribution in [3.8, 4) is 0 Å². The van der Waals surface area contributed by atoms with Crippen molar-refractivity contribution in [3.05, 3.63) is 71.9 Å². The second-order valence-electron chi connectivity index (χ2n) is 5.96. The summed E-state index contributed by atoms with van der Waals surface area (Å²) < 4.78 is 0. The van der Waals surface area contributed by atoms with Crippen molar-refractivity contribution >= 4 is 28.4 Å². The summed E-state index contributed by atoms with van der Waals surface area (Å²) in [6, 6.07) is 16.9. The Labute approximate surface area is 146 Å². The lowest BCUT2D eigenvalue weighted by atomic mass is 10.1. The number of para-hydroxylation sites is 1. The van der Waals surface area contributed by atoms with Crippen molar-refractivity contribution in [1.82, 2.24) is 9.88 Å². The first-order valence-electron chi connectivity index (χ1n) is 8.00. The number of nitrogens with zero attached hydrogens (tertiary/aromatic N) is 2. The quantitative estimate of drug-likeness (QED) is 0.795. The van der Waals surface area contributed by atoms with E-state index in [1.165, 1.54) is 6.92 Å². The van der Waals surface area contributed by atoms with E-state index in [1.54, 1.807) is 42.4 Å². The van der Waals surface area contributed by atoms with E-state index in [4.69, 9.17) is 0 Å². The molecule has 2 aromatic carbocycles. The van der Waals surface area contributed by atoms with Gasteiger partial charge in [-0.15, -0.1) is 0 Å². The average Bonchev–Trinajstić information content (AvgIpc) is 2.60. The highest BCUT2D eigenvalue weighted by Gasteiger charge is 2.13. The molecule has 1 heterocycles. The van der Waals surface area contributed by atoms with Crippen LogP contribution < -0.4 is 5.32 Å². The summed E-state index contributed by atoms with van der Waals surface area (Å²) in [5.74, 6) is -0.277. The van der Waals surface area contributed by atoms with Gasteiger partial charge in [-0.3, -0.25) is 14.6 Å². The van der Waals surface area contributed by atoms with Gasteiger partial charge in [0.15, 0.2) is 0 Å². The molecule has 126 valence electrons. The number of aromatic nitrogens is 1. The van der Waals surface area contributed by atoms with Crippen LogP contribution in [0.2, 0.25) is 0 Å². The first kappa shape index (κ1) is 16.6. The number of amides is 2. The van der Waals surface area contributed by atoms with Crippen LogP contribution in [0.4, 0.5) is 5.69 Å². The van der Waals surface area contributed by atoms with E-state index in [0.717, 1.165) is 16.5 Å².